The number of carbonyl (C=O) groups excluding carboxylic acids is 3. The Bertz CT molecular complexity index is 671. The minimum atomic E-state index is -0.597. The number of hydrogen-bond donors (Lipinski definition) is 1. The average molecular weight is 283 g/mol. The van der Waals surface area contributed by atoms with Gasteiger partial charge in [0.25, 0.3) is 11.8 Å². The fourth-order valence-corrected chi connectivity index (χ4v) is 1.74. The summed E-state index contributed by atoms with van der Waals surface area (Å²) in [4.78, 5) is 39.0. The van der Waals surface area contributed by atoms with Gasteiger partial charge in [-0.15, -0.1) is 0 Å². The maximum atomic E-state index is 12.2. The highest BCUT2D eigenvalue weighted by molar-refractivity contribution is 6.03. The van der Waals surface area contributed by atoms with Crippen LogP contribution in [0.1, 0.15) is 26.3 Å². The van der Waals surface area contributed by atoms with Crippen LogP contribution in [-0.2, 0) is 4.79 Å². The molecule has 0 spiro atoms. The van der Waals surface area contributed by atoms with Crippen LogP contribution in [0.25, 0.3) is 0 Å². The van der Waals surface area contributed by atoms with E-state index in [0.717, 1.165) is 0 Å². The highest BCUT2D eigenvalue weighted by Crippen LogP contribution is 2.09. The van der Waals surface area contributed by atoms with Gasteiger partial charge < -0.3 is 0 Å². The van der Waals surface area contributed by atoms with Gasteiger partial charge >= 0.3 is 0 Å². The molecule has 0 aliphatic rings. The van der Waals surface area contributed by atoms with Crippen LogP contribution in [0.2, 0.25) is 0 Å². The number of aryl methyl sites for hydroxylation is 1. The van der Waals surface area contributed by atoms with Crippen LogP contribution in [-0.4, -0.2) is 28.2 Å². The zero-order valence-corrected chi connectivity index (χ0v) is 11.3. The second-order valence-electron chi connectivity index (χ2n) is 4.28. The monoisotopic (exact) mass is 283 g/mol. The molecular weight excluding hydrogens is 270 g/mol. The van der Waals surface area contributed by atoms with Crippen molar-refractivity contribution in [1.29, 1.82) is 0 Å². The average Bonchev–Trinajstić information content (AvgIpc) is 2.53. The summed E-state index contributed by atoms with van der Waals surface area (Å²) < 4.78 is 0. The Morgan fingerprint density at radius 1 is 1.19 bits per heavy atom. The molecule has 0 atom stereocenters. The molecule has 6 heteroatoms. The fourth-order valence-electron chi connectivity index (χ4n) is 1.74. The van der Waals surface area contributed by atoms with Crippen molar-refractivity contribution in [2.75, 3.05) is 0 Å². The van der Waals surface area contributed by atoms with E-state index in [2.05, 4.69) is 10.4 Å². The topological polar surface area (TPSA) is 79.4 Å². The minimum absolute atomic E-state index is 0.252. The Balaban J connectivity index is 2.17. The number of imide groups is 1. The maximum absolute atomic E-state index is 12.2. The number of nitrogens with one attached hydrogen (secondary N) is 1. The first-order valence-electron chi connectivity index (χ1n) is 6.19. The van der Waals surface area contributed by atoms with Gasteiger partial charge in [-0.1, -0.05) is 18.2 Å². The normalized spacial score (nSPS) is 9.76. The van der Waals surface area contributed by atoms with Gasteiger partial charge in [0.1, 0.15) is 0 Å². The lowest BCUT2D eigenvalue weighted by Crippen LogP contribution is -2.45. The van der Waals surface area contributed by atoms with Crippen molar-refractivity contribution in [2.24, 2.45) is 0 Å². The molecule has 6 nitrogen and oxygen atoms in total. The smallest absolute Gasteiger partial charge is 0.276 e. The van der Waals surface area contributed by atoms with Crippen molar-refractivity contribution in [1.82, 2.24) is 15.4 Å². The van der Waals surface area contributed by atoms with E-state index in [0.29, 0.717) is 16.1 Å². The highest BCUT2D eigenvalue weighted by atomic mass is 16.2. The molecular formula is C15H13N3O3. The van der Waals surface area contributed by atoms with Crippen molar-refractivity contribution >= 4 is 18.2 Å². The number of rotatable bonds is 3. The molecule has 21 heavy (non-hydrogen) atoms. The molecule has 1 aromatic heterocycles. The summed E-state index contributed by atoms with van der Waals surface area (Å²) in [7, 11) is 0. The summed E-state index contributed by atoms with van der Waals surface area (Å²) in [6.45, 7) is 1.75. The largest absolute Gasteiger partial charge is 0.279 e. The van der Waals surface area contributed by atoms with Gasteiger partial charge in [-0.25, -0.2) is 0 Å². The maximum Gasteiger partial charge on any atom is 0.279 e. The predicted molar refractivity (Wildman–Crippen MR) is 75.1 cm³/mol. The molecule has 0 aliphatic carbocycles. The summed E-state index contributed by atoms with van der Waals surface area (Å²) in [5, 5.41) is 0.623. The third kappa shape index (κ3) is 3.30. The summed E-state index contributed by atoms with van der Waals surface area (Å²) in [5.74, 6) is -1.18. The minimum Gasteiger partial charge on any atom is -0.276 e. The second kappa shape index (κ2) is 6.42. The number of hydrogen-bond acceptors (Lipinski definition) is 4. The van der Waals surface area contributed by atoms with E-state index in [9.17, 15) is 14.4 Å². The van der Waals surface area contributed by atoms with Crippen molar-refractivity contribution in [3.05, 3.63) is 65.5 Å². The lowest BCUT2D eigenvalue weighted by Gasteiger charge is -2.17. The van der Waals surface area contributed by atoms with Crippen molar-refractivity contribution in [2.45, 2.75) is 6.92 Å². The first-order chi connectivity index (χ1) is 10.1. The van der Waals surface area contributed by atoms with Crippen LogP contribution in [0.15, 0.2) is 48.8 Å². The van der Waals surface area contributed by atoms with Crippen molar-refractivity contribution in [3.63, 3.8) is 0 Å². The van der Waals surface area contributed by atoms with E-state index in [1.54, 1.807) is 37.3 Å². The molecule has 2 rings (SSSR count). The molecule has 0 saturated heterocycles. The van der Waals surface area contributed by atoms with Crippen LogP contribution in [0, 0.1) is 6.92 Å². The van der Waals surface area contributed by atoms with Gasteiger partial charge in [-0.3, -0.25) is 24.8 Å². The Labute approximate surface area is 121 Å². The first-order valence-corrected chi connectivity index (χ1v) is 6.19. The van der Waals surface area contributed by atoms with Crippen LogP contribution >= 0.6 is 0 Å². The molecule has 0 radical (unpaired) electrons. The number of pyridine rings is 1. The van der Waals surface area contributed by atoms with E-state index in [1.165, 1.54) is 18.5 Å². The standard InChI is InChI=1S/C15H13N3O3/c1-11-5-2-3-7-13(11)15(21)18(10-19)17-14(20)12-6-4-8-16-9-12/h2-10H,1H3,(H,17,20). The Morgan fingerprint density at radius 2 is 1.95 bits per heavy atom. The third-order valence-electron chi connectivity index (χ3n) is 2.85. The third-order valence-corrected chi connectivity index (χ3v) is 2.85. The molecule has 0 saturated carbocycles. The Hall–Kier alpha value is -3.02. The molecule has 3 amide bonds. The quantitative estimate of drug-likeness (QED) is 0.681. The molecule has 0 unspecified atom stereocenters. The Morgan fingerprint density at radius 3 is 2.57 bits per heavy atom. The molecule has 0 fully saturated rings. The number of aromatic nitrogens is 1. The summed E-state index contributed by atoms with van der Waals surface area (Å²) in [5.41, 5.74) is 3.55. The van der Waals surface area contributed by atoms with Crippen LogP contribution in [0.5, 0.6) is 0 Å². The second-order valence-corrected chi connectivity index (χ2v) is 4.28. The number of nitrogens with zero attached hydrogens (tertiary/aromatic N) is 2. The zero-order valence-electron chi connectivity index (χ0n) is 11.3. The van der Waals surface area contributed by atoms with E-state index < -0.39 is 11.8 Å². The van der Waals surface area contributed by atoms with Crippen molar-refractivity contribution in [3.8, 4) is 0 Å². The predicted octanol–water partition coefficient (Wildman–Crippen LogP) is 1.33. The Kier molecular flexibility index (Phi) is 4.40. The fraction of sp³-hybridized carbons (Fsp3) is 0.0667. The van der Waals surface area contributed by atoms with Gasteiger partial charge in [0.2, 0.25) is 6.41 Å². The number of carbonyl (C=O) groups is 3. The number of amides is 3. The SMILES string of the molecule is Cc1ccccc1C(=O)N(C=O)NC(=O)c1cccnc1. The highest BCUT2D eigenvalue weighted by Gasteiger charge is 2.19. The van der Waals surface area contributed by atoms with Gasteiger partial charge in [-0.05, 0) is 30.7 Å². The number of hydrazine groups is 1. The summed E-state index contributed by atoms with van der Waals surface area (Å²) in [6.07, 6.45) is 3.13. The van der Waals surface area contributed by atoms with E-state index >= 15 is 0 Å². The van der Waals surface area contributed by atoms with Crippen LogP contribution in [0.4, 0.5) is 0 Å². The van der Waals surface area contributed by atoms with E-state index in [4.69, 9.17) is 0 Å². The first kappa shape index (κ1) is 14.4. The van der Waals surface area contributed by atoms with Crippen LogP contribution in [0.3, 0.4) is 0 Å². The molecule has 2 aromatic rings. The number of benzene rings is 1. The van der Waals surface area contributed by atoms with Gasteiger partial charge in [-0.2, -0.15) is 5.01 Å². The van der Waals surface area contributed by atoms with Crippen molar-refractivity contribution < 1.29 is 14.4 Å². The lowest BCUT2D eigenvalue weighted by molar-refractivity contribution is -0.117. The summed E-state index contributed by atoms with van der Waals surface area (Å²) in [6, 6.07) is 9.92. The van der Waals surface area contributed by atoms with E-state index in [1.807, 2.05) is 0 Å². The molecule has 0 aliphatic heterocycles. The molecule has 106 valence electrons. The van der Waals surface area contributed by atoms with Gasteiger partial charge in [0.15, 0.2) is 0 Å². The molecule has 1 N–H and O–H groups in total. The van der Waals surface area contributed by atoms with E-state index in [-0.39, 0.29) is 12.0 Å². The van der Waals surface area contributed by atoms with Gasteiger partial charge in [0.05, 0.1) is 5.56 Å². The molecule has 1 aromatic carbocycles. The molecule has 1 heterocycles. The summed E-state index contributed by atoms with van der Waals surface area (Å²) >= 11 is 0. The lowest BCUT2D eigenvalue weighted by atomic mass is 10.1. The zero-order chi connectivity index (χ0) is 15.2. The molecule has 0 bridgehead atoms. The van der Waals surface area contributed by atoms with Gasteiger partial charge in [0, 0.05) is 18.0 Å². The van der Waals surface area contributed by atoms with Crippen LogP contribution < -0.4 is 5.43 Å².